The molecule has 2 nitrogen and oxygen atoms in total. The van der Waals surface area contributed by atoms with Crippen molar-refractivity contribution in [2.24, 2.45) is 0 Å². The standard InChI is InChI=1S/C19H15Cl2F3N2S/c20-15-5-6-16(17(21)9-15)18(10-26-8-7-25-12-26)27-11-13-1-3-14(4-2-13)19(22,23)24/h1-9,12,18H,10-11H2. The van der Waals surface area contributed by atoms with E-state index in [0.717, 1.165) is 23.3 Å². The Hall–Kier alpha value is -1.63. The summed E-state index contributed by atoms with van der Waals surface area (Å²) in [4.78, 5) is 4.05. The number of hydrogen-bond acceptors (Lipinski definition) is 2. The number of imidazole rings is 1. The molecule has 3 aromatic rings. The smallest absolute Gasteiger partial charge is 0.336 e. The van der Waals surface area contributed by atoms with Crippen LogP contribution in [-0.2, 0) is 18.5 Å². The van der Waals surface area contributed by atoms with Gasteiger partial charge in [0, 0.05) is 40.0 Å². The topological polar surface area (TPSA) is 17.8 Å². The zero-order valence-corrected chi connectivity index (χ0v) is 16.3. The van der Waals surface area contributed by atoms with E-state index in [9.17, 15) is 13.2 Å². The van der Waals surface area contributed by atoms with E-state index >= 15 is 0 Å². The first-order chi connectivity index (χ1) is 12.8. The highest BCUT2D eigenvalue weighted by Crippen LogP contribution is 2.38. The Morgan fingerprint density at radius 3 is 2.41 bits per heavy atom. The number of thioether (sulfide) groups is 1. The normalized spacial score (nSPS) is 12.9. The molecule has 142 valence electrons. The van der Waals surface area contributed by atoms with E-state index in [1.165, 1.54) is 12.1 Å². The lowest BCUT2D eigenvalue weighted by molar-refractivity contribution is -0.137. The Morgan fingerprint density at radius 2 is 1.81 bits per heavy atom. The monoisotopic (exact) mass is 430 g/mol. The summed E-state index contributed by atoms with van der Waals surface area (Å²) >= 11 is 14.0. The van der Waals surface area contributed by atoms with Gasteiger partial charge in [-0.25, -0.2) is 4.98 Å². The average molecular weight is 431 g/mol. The molecule has 0 fully saturated rings. The number of hydrogen-bond donors (Lipinski definition) is 0. The minimum Gasteiger partial charge on any atom is -0.336 e. The van der Waals surface area contributed by atoms with Gasteiger partial charge in [-0.3, -0.25) is 0 Å². The van der Waals surface area contributed by atoms with Crippen LogP contribution < -0.4 is 0 Å². The Bertz CT molecular complexity index is 881. The lowest BCUT2D eigenvalue weighted by atomic mass is 10.1. The number of rotatable bonds is 6. The summed E-state index contributed by atoms with van der Waals surface area (Å²) in [5, 5.41) is 1.11. The van der Waals surface area contributed by atoms with Crippen molar-refractivity contribution >= 4 is 35.0 Å². The molecule has 0 saturated carbocycles. The molecule has 1 aromatic heterocycles. The maximum absolute atomic E-state index is 12.7. The number of alkyl halides is 3. The van der Waals surface area contributed by atoms with Crippen LogP contribution in [-0.4, -0.2) is 9.55 Å². The summed E-state index contributed by atoms with van der Waals surface area (Å²) in [6, 6.07) is 10.6. The summed E-state index contributed by atoms with van der Waals surface area (Å²) in [7, 11) is 0. The predicted molar refractivity (Wildman–Crippen MR) is 104 cm³/mol. The third-order valence-electron chi connectivity index (χ3n) is 3.98. The zero-order valence-electron chi connectivity index (χ0n) is 14.0. The number of halogens is 5. The van der Waals surface area contributed by atoms with Crippen molar-refractivity contribution in [2.75, 3.05) is 0 Å². The highest BCUT2D eigenvalue weighted by atomic mass is 35.5. The Kier molecular flexibility index (Phi) is 6.40. The number of nitrogens with zero attached hydrogens (tertiary/aromatic N) is 2. The van der Waals surface area contributed by atoms with Crippen LogP contribution in [0.4, 0.5) is 13.2 Å². The largest absolute Gasteiger partial charge is 0.416 e. The second-order valence-corrected chi connectivity index (χ2v) is 7.95. The molecule has 27 heavy (non-hydrogen) atoms. The maximum Gasteiger partial charge on any atom is 0.416 e. The zero-order chi connectivity index (χ0) is 19.4. The molecular formula is C19H15Cl2F3N2S. The highest BCUT2D eigenvalue weighted by Gasteiger charge is 2.30. The van der Waals surface area contributed by atoms with Crippen molar-refractivity contribution in [1.29, 1.82) is 0 Å². The molecule has 3 rings (SSSR count). The van der Waals surface area contributed by atoms with Crippen LogP contribution in [0, 0.1) is 0 Å². The molecule has 8 heteroatoms. The molecule has 0 amide bonds. The summed E-state index contributed by atoms with van der Waals surface area (Å²) in [6.45, 7) is 0.632. The van der Waals surface area contributed by atoms with Crippen LogP contribution in [0.5, 0.6) is 0 Å². The average Bonchev–Trinajstić information content (AvgIpc) is 3.12. The van der Waals surface area contributed by atoms with E-state index in [-0.39, 0.29) is 5.25 Å². The van der Waals surface area contributed by atoms with Crippen molar-refractivity contribution in [3.63, 3.8) is 0 Å². The third kappa shape index (κ3) is 5.43. The molecule has 0 aliphatic heterocycles. The maximum atomic E-state index is 12.7. The van der Waals surface area contributed by atoms with E-state index in [4.69, 9.17) is 23.2 Å². The van der Waals surface area contributed by atoms with E-state index in [2.05, 4.69) is 4.98 Å². The van der Waals surface area contributed by atoms with Crippen LogP contribution in [0.15, 0.2) is 61.2 Å². The molecule has 1 atom stereocenters. The van der Waals surface area contributed by atoms with Crippen LogP contribution >= 0.6 is 35.0 Å². The van der Waals surface area contributed by atoms with Crippen molar-refractivity contribution in [2.45, 2.75) is 23.7 Å². The Balaban J connectivity index is 1.77. The van der Waals surface area contributed by atoms with Crippen LogP contribution in [0.3, 0.4) is 0 Å². The molecule has 0 aliphatic rings. The van der Waals surface area contributed by atoms with Gasteiger partial charge in [-0.1, -0.05) is 41.4 Å². The van der Waals surface area contributed by atoms with E-state index in [1.807, 2.05) is 16.8 Å². The molecule has 2 aromatic carbocycles. The van der Waals surface area contributed by atoms with Crippen molar-refractivity contribution < 1.29 is 13.2 Å². The van der Waals surface area contributed by atoms with Crippen molar-refractivity contribution in [1.82, 2.24) is 9.55 Å². The van der Waals surface area contributed by atoms with Gasteiger partial charge < -0.3 is 4.57 Å². The van der Waals surface area contributed by atoms with Gasteiger partial charge in [0.15, 0.2) is 0 Å². The first-order valence-electron chi connectivity index (χ1n) is 8.01. The summed E-state index contributed by atoms with van der Waals surface area (Å²) in [6.07, 6.45) is 0.943. The quantitative estimate of drug-likeness (QED) is 0.423. The third-order valence-corrected chi connectivity index (χ3v) is 5.85. The predicted octanol–water partition coefficient (Wildman–Crippen LogP) is 6.88. The lowest BCUT2D eigenvalue weighted by Gasteiger charge is -2.19. The minimum atomic E-state index is -4.33. The highest BCUT2D eigenvalue weighted by molar-refractivity contribution is 7.98. The Labute approximate surface area is 169 Å². The molecule has 0 radical (unpaired) electrons. The van der Waals surface area contributed by atoms with Gasteiger partial charge in [-0.15, -0.1) is 11.8 Å². The fourth-order valence-electron chi connectivity index (χ4n) is 2.58. The second kappa shape index (κ2) is 8.59. The van der Waals surface area contributed by atoms with Crippen molar-refractivity contribution in [3.8, 4) is 0 Å². The van der Waals surface area contributed by atoms with Gasteiger partial charge in [0.1, 0.15) is 0 Å². The molecule has 0 saturated heterocycles. The van der Waals surface area contributed by atoms with Crippen molar-refractivity contribution in [3.05, 3.63) is 87.9 Å². The second-order valence-electron chi connectivity index (χ2n) is 5.92. The summed E-state index contributed by atoms with van der Waals surface area (Å²) < 4.78 is 40.1. The minimum absolute atomic E-state index is 0.00809. The van der Waals surface area contributed by atoms with Gasteiger partial charge in [-0.2, -0.15) is 13.2 Å². The van der Waals surface area contributed by atoms with E-state index in [0.29, 0.717) is 22.3 Å². The molecule has 0 aliphatic carbocycles. The Morgan fingerprint density at radius 1 is 1.07 bits per heavy atom. The van der Waals surface area contributed by atoms with Gasteiger partial charge in [0.2, 0.25) is 0 Å². The van der Waals surface area contributed by atoms with E-state index < -0.39 is 11.7 Å². The van der Waals surface area contributed by atoms with Gasteiger partial charge in [0.25, 0.3) is 0 Å². The SMILES string of the molecule is FC(F)(F)c1ccc(CSC(Cn2ccnc2)c2ccc(Cl)cc2Cl)cc1. The first kappa shape index (κ1) is 20.1. The first-order valence-corrected chi connectivity index (χ1v) is 9.82. The molecule has 0 N–H and O–H groups in total. The molecular weight excluding hydrogens is 416 g/mol. The summed E-state index contributed by atoms with van der Waals surface area (Å²) in [5.41, 5.74) is 1.09. The molecule has 0 spiro atoms. The molecule has 1 heterocycles. The fourth-order valence-corrected chi connectivity index (χ4v) is 4.43. The van der Waals surface area contributed by atoms with Crippen LogP contribution in [0.2, 0.25) is 10.0 Å². The van der Waals surface area contributed by atoms with Crippen LogP contribution in [0.25, 0.3) is 0 Å². The van der Waals surface area contributed by atoms with Gasteiger partial charge in [-0.05, 0) is 35.4 Å². The molecule has 1 unspecified atom stereocenters. The number of aromatic nitrogens is 2. The van der Waals surface area contributed by atoms with Gasteiger partial charge >= 0.3 is 6.18 Å². The fraction of sp³-hybridized carbons (Fsp3) is 0.211. The summed E-state index contributed by atoms with van der Waals surface area (Å²) in [5.74, 6) is 0.552. The van der Waals surface area contributed by atoms with Crippen LogP contribution in [0.1, 0.15) is 21.9 Å². The lowest BCUT2D eigenvalue weighted by Crippen LogP contribution is -2.06. The molecule has 0 bridgehead atoms. The number of benzene rings is 2. The van der Waals surface area contributed by atoms with Gasteiger partial charge in [0.05, 0.1) is 11.9 Å². The van der Waals surface area contributed by atoms with E-state index in [1.54, 1.807) is 36.4 Å².